The summed E-state index contributed by atoms with van der Waals surface area (Å²) in [6, 6.07) is -0.231. The average Bonchev–Trinajstić information content (AvgIpc) is 2.29. The molecule has 0 saturated heterocycles. The van der Waals surface area contributed by atoms with Crippen molar-refractivity contribution < 1.29 is 9.50 Å². The molecule has 5 nitrogen and oxygen atoms in total. The summed E-state index contributed by atoms with van der Waals surface area (Å²) >= 11 is 0. The molecule has 1 aliphatic rings. The summed E-state index contributed by atoms with van der Waals surface area (Å²) < 4.78 is 14.2. The van der Waals surface area contributed by atoms with E-state index in [9.17, 15) is 19.1 Å². The van der Waals surface area contributed by atoms with E-state index in [1.807, 2.05) is 4.98 Å². The molecule has 1 heterocycles. The smallest absolute Gasteiger partial charge is 0.331 e. The van der Waals surface area contributed by atoms with Crippen LogP contribution < -0.4 is 11.2 Å². The van der Waals surface area contributed by atoms with E-state index in [-0.39, 0.29) is 6.04 Å². The number of nitrogens with zero attached hydrogens (tertiary/aromatic N) is 1. The molecule has 0 unspecified atom stereocenters. The van der Waals surface area contributed by atoms with Crippen LogP contribution in [-0.4, -0.2) is 14.7 Å². The maximum absolute atomic E-state index is 13.2. The van der Waals surface area contributed by atoms with E-state index in [1.54, 1.807) is 0 Å². The molecule has 0 aliphatic heterocycles. The SMILES string of the molecule is CC1CCC(n2c(O)c(F)c(=O)[nH]c2=O)CC1. The highest BCUT2D eigenvalue weighted by atomic mass is 19.1. The van der Waals surface area contributed by atoms with Crippen molar-refractivity contribution in [2.75, 3.05) is 0 Å². The molecule has 0 atom stereocenters. The first-order valence-electron chi connectivity index (χ1n) is 5.74. The van der Waals surface area contributed by atoms with Crippen molar-refractivity contribution in [3.8, 4) is 5.88 Å². The van der Waals surface area contributed by atoms with Crippen LogP contribution in [0, 0.1) is 11.7 Å². The van der Waals surface area contributed by atoms with Crippen molar-refractivity contribution >= 4 is 0 Å². The number of aromatic amines is 1. The normalized spacial score (nSPS) is 24.8. The topological polar surface area (TPSA) is 75.1 Å². The van der Waals surface area contributed by atoms with E-state index in [1.165, 1.54) is 0 Å². The highest BCUT2D eigenvalue weighted by molar-refractivity contribution is 5.11. The number of hydrogen-bond donors (Lipinski definition) is 2. The van der Waals surface area contributed by atoms with Crippen LogP contribution in [0.4, 0.5) is 4.39 Å². The van der Waals surface area contributed by atoms with Crippen LogP contribution in [0.2, 0.25) is 0 Å². The predicted molar refractivity (Wildman–Crippen MR) is 59.6 cm³/mol. The lowest BCUT2D eigenvalue weighted by atomic mass is 9.87. The Hall–Kier alpha value is -1.59. The number of nitrogens with one attached hydrogen (secondary N) is 1. The standard InChI is InChI=1S/C11H15FN2O3/c1-6-2-4-7(5-3-6)14-10(16)8(12)9(15)13-11(14)17/h6-7,16H,2-5H2,1H3,(H,13,15,17). The summed E-state index contributed by atoms with van der Waals surface area (Å²) in [7, 11) is 0. The first-order chi connectivity index (χ1) is 8.00. The van der Waals surface area contributed by atoms with E-state index >= 15 is 0 Å². The molecule has 94 valence electrons. The van der Waals surface area contributed by atoms with E-state index in [0.29, 0.717) is 18.8 Å². The van der Waals surface area contributed by atoms with Crippen LogP contribution in [0.15, 0.2) is 9.59 Å². The summed E-state index contributed by atoms with van der Waals surface area (Å²) in [6.45, 7) is 2.12. The molecule has 0 aromatic carbocycles. The Balaban J connectivity index is 2.42. The van der Waals surface area contributed by atoms with Crippen LogP contribution in [0.3, 0.4) is 0 Å². The lowest BCUT2D eigenvalue weighted by Crippen LogP contribution is -2.35. The number of halogens is 1. The number of aromatic hydroxyl groups is 1. The van der Waals surface area contributed by atoms with Crippen LogP contribution in [0.5, 0.6) is 5.88 Å². The molecule has 0 amide bonds. The fourth-order valence-corrected chi connectivity index (χ4v) is 2.36. The Bertz CT molecular complexity index is 526. The van der Waals surface area contributed by atoms with Crippen molar-refractivity contribution in [1.29, 1.82) is 0 Å². The van der Waals surface area contributed by atoms with Crippen LogP contribution in [0.25, 0.3) is 0 Å². The van der Waals surface area contributed by atoms with Gasteiger partial charge in [-0.2, -0.15) is 4.39 Å². The summed E-state index contributed by atoms with van der Waals surface area (Å²) in [5.74, 6) is -1.56. The largest absolute Gasteiger partial charge is 0.492 e. The molecule has 1 fully saturated rings. The second-order valence-electron chi connectivity index (χ2n) is 4.68. The van der Waals surface area contributed by atoms with Crippen LogP contribution in [-0.2, 0) is 0 Å². The summed E-state index contributed by atoms with van der Waals surface area (Å²) in [5, 5.41) is 9.55. The molecule has 17 heavy (non-hydrogen) atoms. The monoisotopic (exact) mass is 242 g/mol. The summed E-state index contributed by atoms with van der Waals surface area (Å²) in [5.41, 5.74) is -1.92. The van der Waals surface area contributed by atoms with Crippen molar-refractivity contribution in [3.05, 3.63) is 26.7 Å². The molecular weight excluding hydrogens is 227 g/mol. The highest BCUT2D eigenvalue weighted by Gasteiger charge is 2.25. The van der Waals surface area contributed by atoms with Gasteiger partial charge < -0.3 is 5.11 Å². The molecule has 6 heteroatoms. The van der Waals surface area contributed by atoms with Gasteiger partial charge in [0, 0.05) is 6.04 Å². The Labute approximate surface area is 96.9 Å². The van der Waals surface area contributed by atoms with Crippen molar-refractivity contribution in [3.63, 3.8) is 0 Å². The van der Waals surface area contributed by atoms with Crippen LogP contribution in [0.1, 0.15) is 38.6 Å². The first-order valence-corrected chi connectivity index (χ1v) is 5.74. The summed E-state index contributed by atoms with van der Waals surface area (Å²) in [6.07, 6.45) is 3.27. The fraction of sp³-hybridized carbons (Fsp3) is 0.636. The van der Waals surface area contributed by atoms with Crippen LogP contribution >= 0.6 is 0 Å². The lowest BCUT2D eigenvalue weighted by Gasteiger charge is -2.27. The van der Waals surface area contributed by atoms with Gasteiger partial charge in [-0.3, -0.25) is 14.3 Å². The maximum atomic E-state index is 13.2. The molecule has 1 aliphatic carbocycles. The lowest BCUT2D eigenvalue weighted by molar-refractivity contribution is 0.250. The quantitative estimate of drug-likeness (QED) is 0.775. The molecule has 0 spiro atoms. The zero-order valence-electron chi connectivity index (χ0n) is 9.57. The van der Waals surface area contributed by atoms with Gasteiger partial charge in [0.2, 0.25) is 11.7 Å². The fourth-order valence-electron chi connectivity index (χ4n) is 2.36. The van der Waals surface area contributed by atoms with Gasteiger partial charge in [0.05, 0.1) is 0 Å². The van der Waals surface area contributed by atoms with E-state index < -0.39 is 22.9 Å². The first kappa shape index (κ1) is 11.9. The third-order valence-corrected chi connectivity index (χ3v) is 3.41. The second kappa shape index (κ2) is 4.35. The third kappa shape index (κ3) is 2.11. The Morgan fingerprint density at radius 2 is 1.88 bits per heavy atom. The van der Waals surface area contributed by atoms with E-state index in [4.69, 9.17) is 0 Å². The maximum Gasteiger partial charge on any atom is 0.331 e. The van der Waals surface area contributed by atoms with E-state index in [2.05, 4.69) is 6.92 Å². The molecule has 1 aromatic heterocycles. The van der Waals surface area contributed by atoms with Gasteiger partial charge in [0.15, 0.2) is 0 Å². The van der Waals surface area contributed by atoms with Gasteiger partial charge in [-0.1, -0.05) is 6.92 Å². The highest BCUT2D eigenvalue weighted by Crippen LogP contribution is 2.32. The zero-order chi connectivity index (χ0) is 12.6. The Morgan fingerprint density at radius 1 is 1.29 bits per heavy atom. The van der Waals surface area contributed by atoms with Gasteiger partial charge in [0.25, 0.3) is 5.56 Å². The molecular formula is C11H15FN2O3. The number of hydrogen-bond acceptors (Lipinski definition) is 3. The molecule has 2 N–H and O–H groups in total. The van der Waals surface area contributed by atoms with Gasteiger partial charge in [-0.15, -0.1) is 0 Å². The molecule has 1 saturated carbocycles. The molecule has 0 radical (unpaired) electrons. The zero-order valence-corrected chi connectivity index (χ0v) is 9.57. The Kier molecular flexibility index (Phi) is 3.04. The predicted octanol–water partition coefficient (Wildman–Crippen LogP) is 1.13. The minimum Gasteiger partial charge on any atom is -0.492 e. The molecule has 0 bridgehead atoms. The van der Waals surface area contributed by atoms with E-state index in [0.717, 1.165) is 17.4 Å². The minimum absolute atomic E-state index is 0.231. The van der Waals surface area contributed by atoms with Gasteiger partial charge in [-0.25, -0.2) is 4.79 Å². The molecule has 1 aromatic rings. The molecule has 2 rings (SSSR count). The van der Waals surface area contributed by atoms with Crippen molar-refractivity contribution in [1.82, 2.24) is 9.55 Å². The van der Waals surface area contributed by atoms with Gasteiger partial charge in [-0.05, 0) is 31.6 Å². The van der Waals surface area contributed by atoms with Crippen molar-refractivity contribution in [2.45, 2.75) is 38.6 Å². The third-order valence-electron chi connectivity index (χ3n) is 3.41. The summed E-state index contributed by atoms with van der Waals surface area (Å²) in [4.78, 5) is 24.4. The van der Waals surface area contributed by atoms with Gasteiger partial charge in [0.1, 0.15) is 0 Å². The second-order valence-corrected chi connectivity index (χ2v) is 4.68. The van der Waals surface area contributed by atoms with Crippen molar-refractivity contribution in [2.24, 2.45) is 5.92 Å². The number of rotatable bonds is 1. The average molecular weight is 242 g/mol. The Morgan fingerprint density at radius 3 is 2.47 bits per heavy atom. The minimum atomic E-state index is -1.29. The number of H-pyrrole nitrogens is 1. The number of aromatic nitrogens is 2. The van der Waals surface area contributed by atoms with Gasteiger partial charge >= 0.3 is 5.69 Å².